The summed E-state index contributed by atoms with van der Waals surface area (Å²) >= 11 is 0. The number of aromatic nitrogens is 2. The van der Waals surface area contributed by atoms with Gasteiger partial charge in [-0.15, -0.1) is 0 Å². The quantitative estimate of drug-likeness (QED) is 0.723. The van der Waals surface area contributed by atoms with Crippen LogP contribution in [0, 0.1) is 5.82 Å². The first kappa shape index (κ1) is 19.0. The lowest BCUT2D eigenvalue weighted by molar-refractivity contribution is -0.137. The van der Waals surface area contributed by atoms with Crippen molar-refractivity contribution in [3.8, 4) is 11.4 Å². The maximum absolute atomic E-state index is 13.1. The molecule has 0 radical (unpaired) electrons. The van der Waals surface area contributed by atoms with Crippen LogP contribution in [-0.2, 0) is 29.1 Å². The molecule has 1 N–H and O–H groups in total. The summed E-state index contributed by atoms with van der Waals surface area (Å²) in [5.41, 5.74) is 2.51. The summed E-state index contributed by atoms with van der Waals surface area (Å²) in [6.45, 7) is 0.998. The van der Waals surface area contributed by atoms with Crippen LogP contribution in [0.1, 0.15) is 16.8 Å². The first-order valence-corrected chi connectivity index (χ1v) is 9.37. The zero-order valence-electron chi connectivity index (χ0n) is 15.7. The topological polar surface area (TPSA) is 75.3 Å². The van der Waals surface area contributed by atoms with Crippen molar-refractivity contribution in [2.45, 2.75) is 19.6 Å². The largest absolute Gasteiger partial charge is 0.367 e. The van der Waals surface area contributed by atoms with Gasteiger partial charge < -0.3 is 14.6 Å². The third-order valence-corrected chi connectivity index (χ3v) is 4.88. The van der Waals surface area contributed by atoms with Crippen molar-refractivity contribution in [3.05, 3.63) is 87.6 Å². The number of halogens is 1. The number of aromatic amines is 1. The maximum atomic E-state index is 13.1. The van der Waals surface area contributed by atoms with E-state index in [1.54, 1.807) is 17.0 Å². The predicted molar refractivity (Wildman–Crippen MR) is 105 cm³/mol. The van der Waals surface area contributed by atoms with Crippen LogP contribution in [0.3, 0.4) is 0 Å². The molecule has 0 spiro atoms. The van der Waals surface area contributed by atoms with Gasteiger partial charge in [0, 0.05) is 18.5 Å². The van der Waals surface area contributed by atoms with E-state index >= 15 is 0 Å². The minimum absolute atomic E-state index is 0.0385. The molecular formula is C22H20FN3O3. The van der Waals surface area contributed by atoms with E-state index in [1.807, 2.05) is 30.3 Å². The van der Waals surface area contributed by atoms with Crippen LogP contribution in [0.5, 0.6) is 0 Å². The lowest BCUT2D eigenvalue weighted by atomic mass is 10.1. The van der Waals surface area contributed by atoms with Crippen LogP contribution >= 0.6 is 0 Å². The molecule has 0 aliphatic carbocycles. The van der Waals surface area contributed by atoms with E-state index in [-0.39, 0.29) is 30.4 Å². The first-order valence-electron chi connectivity index (χ1n) is 9.37. The number of ether oxygens (including phenoxy) is 1. The zero-order chi connectivity index (χ0) is 20.2. The minimum Gasteiger partial charge on any atom is -0.367 e. The average molecular weight is 393 g/mol. The number of hydrogen-bond acceptors (Lipinski definition) is 4. The molecule has 0 unspecified atom stereocenters. The van der Waals surface area contributed by atoms with Crippen molar-refractivity contribution in [2.24, 2.45) is 0 Å². The summed E-state index contributed by atoms with van der Waals surface area (Å²) in [6.07, 6.45) is 0.484. The normalized spacial score (nSPS) is 13.2. The summed E-state index contributed by atoms with van der Waals surface area (Å²) in [5.74, 6) is -0.106. The van der Waals surface area contributed by atoms with Gasteiger partial charge in [0.1, 0.15) is 18.2 Å². The fourth-order valence-corrected chi connectivity index (χ4v) is 3.30. The number of nitrogens with zero attached hydrogens (tertiary/aromatic N) is 2. The molecule has 0 saturated carbocycles. The molecule has 4 rings (SSSR count). The molecule has 0 bridgehead atoms. The summed E-state index contributed by atoms with van der Waals surface area (Å²) in [7, 11) is 0. The van der Waals surface area contributed by atoms with Crippen LogP contribution in [-0.4, -0.2) is 33.9 Å². The lowest BCUT2D eigenvalue weighted by Gasteiger charge is -2.27. The highest BCUT2D eigenvalue weighted by Gasteiger charge is 2.24. The van der Waals surface area contributed by atoms with Gasteiger partial charge in [-0.3, -0.25) is 9.59 Å². The number of benzene rings is 2. The zero-order valence-corrected chi connectivity index (χ0v) is 15.7. The van der Waals surface area contributed by atoms with E-state index in [9.17, 15) is 14.0 Å². The summed E-state index contributed by atoms with van der Waals surface area (Å²) in [6, 6.07) is 15.4. The summed E-state index contributed by atoms with van der Waals surface area (Å²) in [4.78, 5) is 33.9. The minimum atomic E-state index is -0.349. The third kappa shape index (κ3) is 4.41. The second-order valence-corrected chi connectivity index (χ2v) is 6.89. The lowest BCUT2D eigenvalue weighted by Crippen LogP contribution is -2.41. The average Bonchev–Trinajstić information content (AvgIpc) is 2.74. The van der Waals surface area contributed by atoms with Crippen molar-refractivity contribution >= 4 is 5.91 Å². The Balaban J connectivity index is 1.42. The summed E-state index contributed by atoms with van der Waals surface area (Å²) < 4.78 is 18.6. The van der Waals surface area contributed by atoms with Crippen LogP contribution in [0.4, 0.5) is 4.39 Å². The van der Waals surface area contributed by atoms with E-state index in [4.69, 9.17) is 4.74 Å². The van der Waals surface area contributed by atoms with Crippen molar-refractivity contribution in [1.29, 1.82) is 0 Å². The highest BCUT2D eigenvalue weighted by Crippen LogP contribution is 2.19. The SMILES string of the molecule is O=C(COCc1ccccc1)N1CCc2nc(-c3ccc(F)cc3)[nH]c(=O)c2C1. The second-order valence-electron chi connectivity index (χ2n) is 6.89. The standard InChI is InChI=1S/C22H20FN3O3/c23-17-8-6-16(7-9-17)21-24-19-10-11-26(12-18(19)22(28)25-21)20(27)14-29-13-15-4-2-1-3-5-15/h1-9H,10-14H2,(H,24,25,28). The fraction of sp³-hybridized carbons (Fsp3) is 0.227. The molecule has 0 fully saturated rings. The number of amides is 1. The Kier molecular flexibility index (Phi) is 5.48. The Morgan fingerprint density at radius 3 is 2.66 bits per heavy atom. The van der Waals surface area contributed by atoms with Crippen LogP contribution in [0.15, 0.2) is 59.4 Å². The monoisotopic (exact) mass is 393 g/mol. The molecular weight excluding hydrogens is 373 g/mol. The number of carbonyl (C=O) groups excluding carboxylic acids is 1. The van der Waals surface area contributed by atoms with Crippen molar-refractivity contribution in [2.75, 3.05) is 13.2 Å². The predicted octanol–water partition coefficient (Wildman–Crippen LogP) is 2.68. The van der Waals surface area contributed by atoms with Gasteiger partial charge in [0.25, 0.3) is 5.56 Å². The number of hydrogen-bond donors (Lipinski definition) is 1. The van der Waals surface area contributed by atoms with Gasteiger partial charge in [-0.25, -0.2) is 9.37 Å². The van der Waals surface area contributed by atoms with Gasteiger partial charge in [0.05, 0.1) is 24.4 Å². The van der Waals surface area contributed by atoms with E-state index in [0.29, 0.717) is 42.2 Å². The molecule has 148 valence electrons. The molecule has 1 aliphatic rings. The first-order chi connectivity index (χ1) is 14.1. The van der Waals surface area contributed by atoms with Gasteiger partial charge in [0.15, 0.2) is 0 Å². The van der Waals surface area contributed by atoms with Crippen LogP contribution in [0.25, 0.3) is 11.4 Å². The number of nitrogens with one attached hydrogen (secondary N) is 1. The number of H-pyrrole nitrogens is 1. The van der Waals surface area contributed by atoms with Gasteiger partial charge in [-0.05, 0) is 29.8 Å². The molecule has 29 heavy (non-hydrogen) atoms. The van der Waals surface area contributed by atoms with E-state index in [1.165, 1.54) is 12.1 Å². The number of carbonyl (C=O) groups is 1. The molecule has 1 aromatic heterocycles. The van der Waals surface area contributed by atoms with Crippen LogP contribution in [0.2, 0.25) is 0 Å². The van der Waals surface area contributed by atoms with Gasteiger partial charge in [-0.1, -0.05) is 30.3 Å². The highest BCUT2D eigenvalue weighted by atomic mass is 19.1. The van der Waals surface area contributed by atoms with E-state index in [2.05, 4.69) is 9.97 Å². The Bertz CT molecular complexity index is 1060. The Morgan fingerprint density at radius 1 is 1.14 bits per heavy atom. The summed E-state index contributed by atoms with van der Waals surface area (Å²) in [5, 5.41) is 0. The molecule has 1 aliphatic heterocycles. The Morgan fingerprint density at radius 2 is 1.90 bits per heavy atom. The second kappa shape index (κ2) is 8.36. The molecule has 7 heteroatoms. The highest BCUT2D eigenvalue weighted by molar-refractivity contribution is 5.77. The van der Waals surface area contributed by atoms with Crippen molar-refractivity contribution < 1.29 is 13.9 Å². The van der Waals surface area contributed by atoms with Gasteiger partial charge in [0.2, 0.25) is 5.91 Å². The van der Waals surface area contributed by atoms with Crippen molar-refractivity contribution in [3.63, 3.8) is 0 Å². The molecule has 1 amide bonds. The molecule has 0 saturated heterocycles. The molecule has 0 atom stereocenters. The maximum Gasteiger partial charge on any atom is 0.256 e. The molecule has 3 aromatic rings. The fourth-order valence-electron chi connectivity index (χ4n) is 3.30. The molecule has 2 aromatic carbocycles. The van der Waals surface area contributed by atoms with E-state index < -0.39 is 0 Å². The third-order valence-electron chi connectivity index (χ3n) is 4.88. The molecule has 2 heterocycles. The number of rotatable bonds is 5. The van der Waals surface area contributed by atoms with Crippen molar-refractivity contribution in [1.82, 2.24) is 14.9 Å². The Labute approximate surface area is 167 Å². The Hall–Kier alpha value is -3.32. The van der Waals surface area contributed by atoms with Crippen LogP contribution < -0.4 is 5.56 Å². The van der Waals surface area contributed by atoms with Gasteiger partial charge in [-0.2, -0.15) is 0 Å². The van der Waals surface area contributed by atoms with Gasteiger partial charge >= 0.3 is 0 Å². The molecule has 6 nitrogen and oxygen atoms in total. The number of fused-ring (bicyclic) bond motifs is 1. The smallest absolute Gasteiger partial charge is 0.256 e. The van der Waals surface area contributed by atoms with E-state index in [0.717, 1.165) is 5.56 Å².